The summed E-state index contributed by atoms with van der Waals surface area (Å²) in [4.78, 5) is 30.5. The second-order valence-corrected chi connectivity index (χ2v) is 7.98. The summed E-state index contributed by atoms with van der Waals surface area (Å²) in [7, 11) is 0. The van der Waals surface area contributed by atoms with Crippen LogP contribution in [0.25, 0.3) is 22.6 Å². The second kappa shape index (κ2) is 7.90. The molecule has 2 aliphatic rings. The molecule has 1 atom stereocenters. The van der Waals surface area contributed by atoms with Gasteiger partial charge in [0.25, 0.3) is 0 Å². The highest BCUT2D eigenvalue weighted by Crippen LogP contribution is 2.36. The monoisotopic (exact) mass is 401 g/mol. The van der Waals surface area contributed by atoms with Gasteiger partial charge < -0.3 is 9.15 Å². The number of para-hydroxylation sites is 1. The fourth-order valence-electron chi connectivity index (χ4n) is 4.52. The number of carbonyl (C=O) groups is 2. The third kappa shape index (κ3) is 3.45. The van der Waals surface area contributed by atoms with Gasteiger partial charge in [0, 0.05) is 11.8 Å². The number of benzene rings is 1. The Kier molecular flexibility index (Phi) is 4.95. The van der Waals surface area contributed by atoms with Crippen molar-refractivity contribution < 1.29 is 18.7 Å². The van der Waals surface area contributed by atoms with E-state index in [0.717, 1.165) is 65.6 Å². The standard InChI is InChI=1S/C25H23NO4/c27-21-12-3-4-13-22(21)30-25(28)23-18-9-1-2-11-20(18)26-24-16(7-5-10-19(23)24)15-17-8-6-14-29-17/h1-2,6,8-9,11,14-15,22H,3-5,7,10,12-13H2. The molecule has 0 amide bonds. The molecule has 0 bridgehead atoms. The third-order valence-corrected chi connectivity index (χ3v) is 5.98. The fraction of sp³-hybridized carbons (Fsp3) is 0.320. The summed E-state index contributed by atoms with van der Waals surface area (Å²) in [5.41, 5.74) is 4.11. The lowest BCUT2D eigenvalue weighted by molar-refractivity contribution is -0.129. The van der Waals surface area contributed by atoms with Gasteiger partial charge in [0.1, 0.15) is 5.76 Å². The van der Waals surface area contributed by atoms with Crippen LogP contribution in [0.15, 0.2) is 47.1 Å². The number of esters is 1. The molecule has 2 aromatic heterocycles. The van der Waals surface area contributed by atoms with Crippen molar-refractivity contribution in [2.75, 3.05) is 0 Å². The van der Waals surface area contributed by atoms with Crippen molar-refractivity contribution in [3.63, 3.8) is 0 Å². The van der Waals surface area contributed by atoms with Gasteiger partial charge in [-0.05, 0) is 73.9 Å². The molecule has 0 saturated heterocycles. The van der Waals surface area contributed by atoms with Crippen molar-refractivity contribution in [1.82, 2.24) is 4.98 Å². The van der Waals surface area contributed by atoms with Crippen LogP contribution in [-0.2, 0) is 16.0 Å². The summed E-state index contributed by atoms with van der Waals surface area (Å²) in [6.07, 6.45) is 8.45. The molecule has 1 aromatic carbocycles. The van der Waals surface area contributed by atoms with Crippen molar-refractivity contribution >= 4 is 34.3 Å². The smallest absolute Gasteiger partial charge is 0.339 e. The predicted molar refractivity (Wildman–Crippen MR) is 114 cm³/mol. The minimum absolute atomic E-state index is 0.0280. The Morgan fingerprint density at radius 2 is 1.97 bits per heavy atom. The van der Waals surface area contributed by atoms with Gasteiger partial charge in [0.15, 0.2) is 11.9 Å². The van der Waals surface area contributed by atoms with E-state index in [1.165, 1.54) is 0 Å². The second-order valence-electron chi connectivity index (χ2n) is 7.98. The van der Waals surface area contributed by atoms with Gasteiger partial charge >= 0.3 is 5.97 Å². The molecule has 5 nitrogen and oxygen atoms in total. The molecule has 3 aromatic rings. The van der Waals surface area contributed by atoms with Crippen molar-refractivity contribution in [1.29, 1.82) is 0 Å². The van der Waals surface area contributed by atoms with Crippen molar-refractivity contribution in [2.45, 2.75) is 51.0 Å². The number of carbonyl (C=O) groups excluding carboxylic acids is 2. The van der Waals surface area contributed by atoms with Crippen LogP contribution in [0, 0.1) is 0 Å². The number of ether oxygens (including phenoxy) is 1. The zero-order valence-corrected chi connectivity index (χ0v) is 16.7. The number of hydrogen-bond donors (Lipinski definition) is 0. The maximum Gasteiger partial charge on any atom is 0.339 e. The molecule has 0 N–H and O–H groups in total. The highest BCUT2D eigenvalue weighted by molar-refractivity contribution is 6.07. The average molecular weight is 401 g/mol. The minimum atomic E-state index is -0.629. The Morgan fingerprint density at radius 3 is 2.80 bits per heavy atom. The van der Waals surface area contributed by atoms with Crippen LogP contribution in [0.2, 0.25) is 0 Å². The van der Waals surface area contributed by atoms with E-state index in [4.69, 9.17) is 14.1 Å². The quantitative estimate of drug-likeness (QED) is 0.552. The molecular weight excluding hydrogens is 378 g/mol. The lowest BCUT2D eigenvalue weighted by Gasteiger charge is -2.24. The first-order valence-electron chi connectivity index (χ1n) is 10.6. The molecule has 5 rings (SSSR count). The van der Waals surface area contributed by atoms with Gasteiger partial charge in [-0.1, -0.05) is 18.2 Å². The average Bonchev–Trinajstić information content (AvgIpc) is 3.27. The molecule has 30 heavy (non-hydrogen) atoms. The maximum absolute atomic E-state index is 13.3. The van der Waals surface area contributed by atoms with Gasteiger partial charge in [0.05, 0.1) is 23.0 Å². The van der Waals surface area contributed by atoms with E-state index in [2.05, 4.69) is 0 Å². The van der Waals surface area contributed by atoms with E-state index >= 15 is 0 Å². The predicted octanol–water partition coefficient (Wildman–Crippen LogP) is 5.37. The molecule has 1 unspecified atom stereocenters. The van der Waals surface area contributed by atoms with Gasteiger partial charge in [-0.25, -0.2) is 9.78 Å². The van der Waals surface area contributed by atoms with E-state index in [1.807, 2.05) is 42.5 Å². The van der Waals surface area contributed by atoms with Crippen LogP contribution in [-0.4, -0.2) is 22.8 Å². The first-order valence-corrected chi connectivity index (χ1v) is 10.6. The van der Waals surface area contributed by atoms with Gasteiger partial charge in [-0.3, -0.25) is 4.79 Å². The topological polar surface area (TPSA) is 69.4 Å². The van der Waals surface area contributed by atoms with Crippen LogP contribution in [0.1, 0.15) is 65.9 Å². The SMILES string of the molecule is O=C(OC1CCCCC1=O)c1c2c(nc3ccccc13)C(=Cc1ccco1)CCC2. The van der Waals surface area contributed by atoms with Crippen LogP contribution < -0.4 is 0 Å². The Bertz CT molecular complexity index is 1140. The number of ketones is 1. The van der Waals surface area contributed by atoms with Crippen LogP contribution in [0.5, 0.6) is 0 Å². The Morgan fingerprint density at radius 1 is 1.07 bits per heavy atom. The highest BCUT2D eigenvalue weighted by Gasteiger charge is 2.30. The number of pyridine rings is 1. The first kappa shape index (κ1) is 18.8. The minimum Gasteiger partial charge on any atom is -0.465 e. The number of Topliss-reactive ketones (excluding diaryl/α,β-unsaturated/α-hetero) is 1. The Labute approximate surface area is 174 Å². The summed E-state index contributed by atoms with van der Waals surface area (Å²) >= 11 is 0. The number of fused-ring (bicyclic) bond motifs is 2. The lowest BCUT2D eigenvalue weighted by atomic mass is 9.86. The van der Waals surface area contributed by atoms with E-state index in [1.54, 1.807) is 6.26 Å². The summed E-state index contributed by atoms with van der Waals surface area (Å²) in [5.74, 6) is 0.384. The summed E-state index contributed by atoms with van der Waals surface area (Å²) in [6.45, 7) is 0. The van der Waals surface area contributed by atoms with Crippen LogP contribution >= 0.6 is 0 Å². The molecule has 0 spiro atoms. The molecule has 0 aliphatic heterocycles. The maximum atomic E-state index is 13.3. The number of hydrogen-bond acceptors (Lipinski definition) is 5. The van der Waals surface area contributed by atoms with Gasteiger partial charge in [0.2, 0.25) is 0 Å². The number of aromatic nitrogens is 1. The van der Waals surface area contributed by atoms with Crippen LogP contribution in [0.4, 0.5) is 0 Å². The van der Waals surface area contributed by atoms with E-state index in [0.29, 0.717) is 18.4 Å². The molecular formula is C25H23NO4. The molecule has 1 saturated carbocycles. The molecule has 152 valence electrons. The number of allylic oxidation sites excluding steroid dienone is 1. The third-order valence-electron chi connectivity index (χ3n) is 5.98. The van der Waals surface area contributed by atoms with Crippen LogP contribution in [0.3, 0.4) is 0 Å². The summed E-state index contributed by atoms with van der Waals surface area (Å²) in [5, 5.41) is 0.781. The van der Waals surface area contributed by atoms with Gasteiger partial charge in [-0.15, -0.1) is 0 Å². The van der Waals surface area contributed by atoms with Gasteiger partial charge in [-0.2, -0.15) is 0 Å². The molecule has 2 heterocycles. The van der Waals surface area contributed by atoms with E-state index < -0.39 is 12.1 Å². The fourth-order valence-corrected chi connectivity index (χ4v) is 4.52. The number of rotatable bonds is 3. The zero-order chi connectivity index (χ0) is 20.5. The molecule has 1 fully saturated rings. The molecule has 2 aliphatic carbocycles. The Balaban J connectivity index is 1.62. The highest BCUT2D eigenvalue weighted by atomic mass is 16.5. The van der Waals surface area contributed by atoms with Crippen molar-refractivity contribution in [2.24, 2.45) is 0 Å². The first-order chi connectivity index (χ1) is 14.7. The summed E-state index contributed by atoms with van der Waals surface area (Å²) in [6, 6.07) is 11.4. The molecule has 0 radical (unpaired) electrons. The van der Waals surface area contributed by atoms with E-state index in [-0.39, 0.29) is 5.78 Å². The number of furan rings is 1. The summed E-state index contributed by atoms with van der Waals surface area (Å²) < 4.78 is 11.2. The van der Waals surface area contributed by atoms with E-state index in [9.17, 15) is 9.59 Å². The molecule has 5 heteroatoms. The van der Waals surface area contributed by atoms with Crippen molar-refractivity contribution in [3.8, 4) is 0 Å². The normalized spacial score (nSPS) is 20.3. The lowest BCUT2D eigenvalue weighted by Crippen LogP contribution is -2.30. The zero-order valence-electron chi connectivity index (χ0n) is 16.7. The largest absolute Gasteiger partial charge is 0.465 e. The Hall–Kier alpha value is -3.21. The van der Waals surface area contributed by atoms with Crippen molar-refractivity contribution in [3.05, 3.63) is 65.2 Å². The number of nitrogens with zero attached hydrogens (tertiary/aromatic N) is 1.